The smallest absolute Gasteiger partial charge is 0.282 e. The summed E-state index contributed by atoms with van der Waals surface area (Å²) in [5.41, 5.74) is -0.456. The zero-order valence-electron chi connectivity index (χ0n) is 12.3. The third-order valence-electron chi connectivity index (χ3n) is 2.93. The first-order chi connectivity index (χ1) is 11.3. The van der Waals surface area contributed by atoms with Crippen LogP contribution in [0, 0.1) is 10.1 Å². The van der Waals surface area contributed by atoms with Crippen molar-refractivity contribution in [3.63, 3.8) is 0 Å². The molecule has 0 aliphatic rings. The molecular weight excluding hydrogens is 379 g/mol. The van der Waals surface area contributed by atoms with E-state index >= 15 is 0 Å². The Bertz CT molecular complexity index is 788. The van der Waals surface area contributed by atoms with E-state index in [1.807, 2.05) is 0 Å². The predicted molar refractivity (Wildman–Crippen MR) is 92.6 cm³/mol. The van der Waals surface area contributed by atoms with Crippen LogP contribution in [0.15, 0.2) is 30.3 Å². The van der Waals surface area contributed by atoms with Gasteiger partial charge in [-0.1, -0.05) is 34.8 Å². The minimum Gasteiger partial charge on any atom is -0.454 e. The summed E-state index contributed by atoms with van der Waals surface area (Å²) in [6.07, 6.45) is 0. The number of nitro benzene ring substituents is 1. The minimum atomic E-state index is -0.642. The number of halogens is 3. The van der Waals surface area contributed by atoms with Crippen LogP contribution in [0.1, 0.15) is 17.3 Å². The lowest BCUT2D eigenvalue weighted by atomic mass is 10.1. The van der Waals surface area contributed by atoms with Crippen LogP contribution >= 0.6 is 34.8 Å². The van der Waals surface area contributed by atoms with Crippen molar-refractivity contribution in [1.29, 1.82) is 0 Å². The summed E-state index contributed by atoms with van der Waals surface area (Å²) >= 11 is 17.9. The highest BCUT2D eigenvalue weighted by Gasteiger charge is 2.21. The van der Waals surface area contributed by atoms with Crippen molar-refractivity contribution in [3.8, 4) is 11.5 Å². The van der Waals surface area contributed by atoms with Crippen molar-refractivity contribution < 1.29 is 14.5 Å². The molecule has 0 unspecified atom stereocenters. The number of hydrogen-bond acceptors (Lipinski definition) is 4. The molecule has 0 bridgehead atoms. The van der Waals surface area contributed by atoms with Gasteiger partial charge in [0.1, 0.15) is 11.3 Å². The van der Waals surface area contributed by atoms with Gasteiger partial charge in [0.25, 0.3) is 11.6 Å². The van der Waals surface area contributed by atoms with E-state index in [1.165, 1.54) is 30.3 Å². The van der Waals surface area contributed by atoms with E-state index in [1.54, 1.807) is 6.92 Å². The number of ether oxygens (including phenoxy) is 1. The highest BCUT2D eigenvalue weighted by Crippen LogP contribution is 2.39. The van der Waals surface area contributed by atoms with Crippen molar-refractivity contribution >= 4 is 46.4 Å². The summed E-state index contributed by atoms with van der Waals surface area (Å²) in [6, 6.07) is 6.67. The van der Waals surface area contributed by atoms with Crippen LogP contribution in [0.2, 0.25) is 15.1 Å². The van der Waals surface area contributed by atoms with E-state index in [2.05, 4.69) is 5.32 Å². The fraction of sp³-hybridized carbons (Fsp3) is 0.133. The first kappa shape index (κ1) is 18.3. The van der Waals surface area contributed by atoms with E-state index in [-0.39, 0.29) is 32.8 Å². The molecule has 24 heavy (non-hydrogen) atoms. The van der Waals surface area contributed by atoms with Gasteiger partial charge in [0.05, 0.1) is 15.0 Å². The number of nitrogens with zero attached hydrogens (tertiary/aromatic N) is 1. The van der Waals surface area contributed by atoms with Crippen molar-refractivity contribution in [2.24, 2.45) is 0 Å². The molecule has 9 heteroatoms. The van der Waals surface area contributed by atoms with Crippen molar-refractivity contribution in [2.45, 2.75) is 6.92 Å². The van der Waals surface area contributed by atoms with Gasteiger partial charge in [0.2, 0.25) is 0 Å². The van der Waals surface area contributed by atoms with E-state index in [0.717, 1.165) is 0 Å². The zero-order chi connectivity index (χ0) is 17.9. The van der Waals surface area contributed by atoms with E-state index < -0.39 is 10.8 Å². The van der Waals surface area contributed by atoms with Crippen LogP contribution in [-0.2, 0) is 0 Å². The Labute approximate surface area is 152 Å². The third-order valence-corrected chi connectivity index (χ3v) is 3.71. The Kier molecular flexibility index (Phi) is 5.88. The molecule has 0 aliphatic carbocycles. The van der Waals surface area contributed by atoms with E-state index in [9.17, 15) is 14.9 Å². The number of nitro groups is 1. The predicted octanol–water partition coefficient (Wildman–Crippen LogP) is 5.10. The second-order valence-corrected chi connectivity index (χ2v) is 5.85. The molecule has 0 saturated heterocycles. The molecule has 1 amide bonds. The molecule has 0 heterocycles. The summed E-state index contributed by atoms with van der Waals surface area (Å²) in [5.74, 6) is -0.269. The Morgan fingerprint density at radius 1 is 1.21 bits per heavy atom. The van der Waals surface area contributed by atoms with E-state index in [0.29, 0.717) is 11.6 Å². The molecule has 0 radical (unpaired) electrons. The molecule has 0 fully saturated rings. The average molecular weight is 390 g/mol. The second kappa shape index (κ2) is 7.70. The van der Waals surface area contributed by atoms with Gasteiger partial charge in [-0.3, -0.25) is 14.9 Å². The second-order valence-electron chi connectivity index (χ2n) is 4.60. The number of carbonyl (C=O) groups is 1. The lowest BCUT2D eigenvalue weighted by Gasteiger charge is -2.11. The van der Waals surface area contributed by atoms with Gasteiger partial charge >= 0.3 is 0 Å². The lowest BCUT2D eigenvalue weighted by Crippen LogP contribution is -2.23. The first-order valence-corrected chi connectivity index (χ1v) is 7.86. The number of amides is 1. The van der Waals surface area contributed by atoms with Gasteiger partial charge in [-0.2, -0.15) is 0 Å². The first-order valence-electron chi connectivity index (χ1n) is 6.72. The SMILES string of the molecule is CCNC(=O)c1cc(Oc2c(Cl)cc(Cl)cc2Cl)ccc1[N+](=O)[O-]. The molecule has 6 nitrogen and oxygen atoms in total. The van der Waals surface area contributed by atoms with Crippen LogP contribution in [0.4, 0.5) is 5.69 Å². The van der Waals surface area contributed by atoms with Crippen molar-refractivity contribution in [1.82, 2.24) is 5.32 Å². The molecule has 0 aliphatic heterocycles. The maximum Gasteiger partial charge on any atom is 0.282 e. The number of carbonyl (C=O) groups excluding carboxylic acids is 1. The van der Waals surface area contributed by atoms with Crippen LogP contribution in [0.3, 0.4) is 0 Å². The van der Waals surface area contributed by atoms with Crippen LogP contribution in [0.5, 0.6) is 11.5 Å². The largest absolute Gasteiger partial charge is 0.454 e. The van der Waals surface area contributed by atoms with Gasteiger partial charge in [0.15, 0.2) is 5.75 Å². The minimum absolute atomic E-state index is 0.124. The zero-order valence-corrected chi connectivity index (χ0v) is 14.6. The van der Waals surface area contributed by atoms with Gasteiger partial charge in [-0.15, -0.1) is 0 Å². The van der Waals surface area contributed by atoms with Crippen molar-refractivity contribution in [3.05, 3.63) is 61.1 Å². The standard InChI is InChI=1S/C15H11Cl3N2O4/c1-2-19-15(21)10-7-9(3-4-13(10)20(22)23)24-14-11(17)5-8(16)6-12(14)18/h3-7H,2H2,1H3,(H,19,21). The van der Waals surface area contributed by atoms with Gasteiger partial charge < -0.3 is 10.1 Å². The van der Waals surface area contributed by atoms with Crippen molar-refractivity contribution in [2.75, 3.05) is 6.54 Å². The molecule has 0 aromatic heterocycles. The molecule has 1 N–H and O–H groups in total. The molecule has 2 aromatic rings. The fourth-order valence-corrected chi connectivity index (χ4v) is 2.81. The monoisotopic (exact) mass is 388 g/mol. The maximum atomic E-state index is 12.0. The molecule has 0 saturated carbocycles. The number of hydrogen-bond donors (Lipinski definition) is 1. The summed E-state index contributed by atoms with van der Waals surface area (Å²) in [5, 5.41) is 14.3. The molecule has 2 rings (SSSR count). The van der Waals surface area contributed by atoms with Crippen LogP contribution in [0.25, 0.3) is 0 Å². The van der Waals surface area contributed by atoms with Gasteiger partial charge in [-0.25, -0.2) is 0 Å². The quantitative estimate of drug-likeness (QED) is 0.570. The summed E-state index contributed by atoms with van der Waals surface area (Å²) in [4.78, 5) is 22.4. The Morgan fingerprint density at radius 2 is 1.83 bits per heavy atom. The normalized spacial score (nSPS) is 10.3. The van der Waals surface area contributed by atoms with Gasteiger partial charge in [-0.05, 0) is 25.1 Å². The Balaban J connectivity index is 2.44. The summed E-state index contributed by atoms with van der Waals surface area (Å²) < 4.78 is 5.57. The maximum absolute atomic E-state index is 12.0. The number of rotatable bonds is 5. The summed E-state index contributed by atoms with van der Waals surface area (Å²) in [6.45, 7) is 2.03. The molecular formula is C15H11Cl3N2O4. The van der Waals surface area contributed by atoms with Gasteiger partial charge in [0, 0.05) is 23.7 Å². The number of benzene rings is 2. The molecule has 0 spiro atoms. The number of nitrogens with one attached hydrogen (secondary N) is 1. The topological polar surface area (TPSA) is 81.5 Å². The average Bonchev–Trinajstić information content (AvgIpc) is 2.50. The molecule has 2 aromatic carbocycles. The third kappa shape index (κ3) is 4.08. The molecule has 126 valence electrons. The Hall–Kier alpha value is -2.02. The molecule has 0 atom stereocenters. The fourth-order valence-electron chi connectivity index (χ4n) is 1.92. The van der Waals surface area contributed by atoms with Crippen LogP contribution in [-0.4, -0.2) is 17.4 Å². The van der Waals surface area contributed by atoms with Crippen LogP contribution < -0.4 is 10.1 Å². The summed E-state index contributed by atoms with van der Waals surface area (Å²) in [7, 11) is 0. The highest BCUT2D eigenvalue weighted by atomic mass is 35.5. The van der Waals surface area contributed by atoms with E-state index in [4.69, 9.17) is 39.5 Å². The lowest BCUT2D eigenvalue weighted by molar-refractivity contribution is -0.385. The Morgan fingerprint density at radius 3 is 2.38 bits per heavy atom. The highest BCUT2D eigenvalue weighted by molar-refractivity contribution is 6.40.